The first-order valence-electron chi connectivity index (χ1n) is 31.1. The fourth-order valence-corrected chi connectivity index (χ4v) is 16.8. The average Bonchev–Trinajstić information content (AvgIpc) is 1.59. The number of benzene rings is 13. The van der Waals surface area contributed by atoms with Crippen LogP contribution >= 0.6 is 11.3 Å². The fraction of sp³-hybridized carbons (Fsp3) is 0.0714. The Labute approximate surface area is 518 Å². The topological polar surface area (TPSA) is 19.7 Å². The molecule has 4 nitrogen and oxygen atoms in total. The summed E-state index contributed by atoms with van der Waals surface area (Å²) in [5.74, 6) is 0. The molecule has 0 amide bonds. The van der Waals surface area contributed by atoms with Crippen LogP contribution in [-0.2, 0) is 18.3 Å². The molecular weight excluding hydrogens is 1100 g/mol. The standard InChI is InChI=1S/C84H58N4S/c1-51-28-35-74-64(38-51)69-48-79-68(47-80(69)85(74)56-18-8-4-9-19-56)61-34-30-55(44-77(61)88(79)59-24-14-7-15-25-59)40-53-32-36-75-65(41-53)67-45-73-63(46-78(67)86(75)57-20-10-5-11-21-57)60-33-29-54(43-72(60)84(73,2)3)39-52-31-37-76-66(42-52)70-50-83-71(62-26-16-17-27-82(62)89-83)49-81(70)87(76)58-22-12-6-13-23-58/h4-38,41-50H,39-40H2,1-3H3. The van der Waals surface area contributed by atoms with Crippen LogP contribution in [0.15, 0.2) is 273 Å². The zero-order valence-corrected chi connectivity index (χ0v) is 50.4. The summed E-state index contributed by atoms with van der Waals surface area (Å²) >= 11 is 1.89. The Bertz CT molecular complexity index is 5990. The Hall–Kier alpha value is -10.7. The maximum atomic E-state index is 2.54. The molecule has 420 valence electrons. The van der Waals surface area contributed by atoms with Crippen molar-refractivity contribution in [1.29, 1.82) is 0 Å². The monoisotopic (exact) mass is 1150 g/mol. The lowest BCUT2D eigenvalue weighted by molar-refractivity contribution is 0.660. The molecule has 0 spiro atoms. The summed E-state index contributed by atoms with van der Waals surface area (Å²) < 4.78 is 12.5. The summed E-state index contributed by atoms with van der Waals surface area (Å²) in [6.45, 7) is 7.07. The molecule has 1 aliphatic rings. The van der Waals surface area contributed by atoms with Crippen LogP contribution in [0.2, 0.25) is 0 Å². The average molecular weight is 1160 g/mol. The predicted molar refractivity (Wildman–Crippen MR) is 377 cm³/mol. The summed E-state index contributed by atoms with van der Waals surface area (Å²) in [7, 11) is 0. The van der Waals surface area contributed by atoms with E-state index in [1.807, 2.05) is 11.3 Å². The number of hydrogen-bond acceptors (Lipinski definition) is 1. The molecule has 0 saturated carbocycles. The lowest BCUT2D eigenvalue weighted by Gasteiger charge is -2.22. The molecule has 1 aliphatic carbocycles. The SMILES string of the molecule is Cc1ccc2c(c1)c1cc3c(cc1n2-c1ccccc1)c1ccc(Cc2ccc4c(c2)c2cc5c(cc2n4-c2ccccc2)-c2ccc(Cc4ccc6c(c4)c4cc7sc8ccccc8c7cc4n6-c4ccccc4)cc2C5(C)C)cc1n3-c1ccccc1. The first-order valence-corrected chi connectivity index (χ1v) is 31.9. The lowest BCUT2D eigenvalue weighted by Crippen LogP contribution is -2.15. The number of nitrogens with zero attached hydrogens (tertiary/aromatic N) is 4. The van der Waals surface area contributed by atoms with E-state index >= 15 is 0 Å². The Morgan fingerprint density at radius 3 is 1.27 bits per heavy atom. The van der Waals surface area contributed by atoms with E-state index in [2.05, 4.69) is 312 Å². The van der Waals surface area contributed by atoms with Crippen molar-refractivity contribution in [2.24, 2.45) is 0 Å². The molecule has 5 heteroatoms. The highest BCUT2D eigenvalue weighted by atomic mass is 32.1. The molecule has 0 radical (unpaired) electrons. The predicted octanol–water partition coefficient (Wildman–Crippen LogP) is 22.2. The zero-order chi connectivity index (χ0) is 58.8. The van der Waals surface area contributed by atoms with E-state index in [-0.39, 0.29) is 5.41 Å². The molecule has 5 aromatic heterocycles. The van der Waals surface area contributed by atoms with Crippen molar-refractivity contribution in [3.05, 3.63) is 312 Å². The van der Waals surface area contributed by atoms with E-state index in [1.54, 1.807) is 0 Å². The minimum Gasteiger partial charge on any atom is -0.309 e. The van der Waals surface area contributed by atoms with Crippen LogP contribution in [0.1, 0.15) is 52.8 Å². The molecule has 0 fully saturated rings. The van der Waals surface area contributed by atoms with Crippen molar-refractivity contribution in [2.45, 2.75) is 39.0 Å². The van der Waals surface area contributed by atoms with Crippen LogP contribution in [0.25, 0.3) is 141 Å². The van der Waals surface area contributed by atoms with E-state index in [0.717, 1.165) is 18.5 Å². The summed E-state index contributed by atoms with van der Waals surface area (Å²) in [6.07, 6.45) is 1.65. The van der Waals surface area contributed by atoms with Crippen molar-refractivity contribution in [1.82, 2.24) is 18.3 Å². The van der Waals surface area contributed by atoms with Gasteiger partial charge in [-0.2, -0.15) is 0 Å². The molecule has 0 saturated heterocycles. The third-order valence-corrected chi connectivity index (χ3v) is 20.9. The number of fused-ring (bicyclic) bond motifs is 18. The molecule has 0 aliphatic heterocycles. The molecule has 13 aromatic carbocycles. The van der Waals surface area contributed by atoms with E-state index in [9.17, 15) is 0 Å². The van der Waals surface area contributed by atoms with Crippen molar-refractivity contribution >= 4 is 119 Å². The summed E-state index contributed by atoms with van der Waals surface area (Å²) in [5, 5.41) is 12.8. The van der Waals surface area contributed by atoms with Gasteiger partial charge in [0.25, 0.3) is 0 Å². The van der Waals surface area contributed by atoms with Crippen molar-refractivity contribution in [3.63, 3.8) is 0 Å². The van der Waals surface area contributed by atoms with Crippen LogP contribution in [-0.4, -0.2) is 18.3 Å². The largest absolute Gasteiger partial charge is 0.309 e. The maximum Gasteiger partial charge on any atom is 0.0548 e. The zero-order valence-electron chi connectivity index (χ0n) is 49.6. The quantitative estimate of drug-likeness (QED) is 0.144. The van der Waals surface area contributed by atoms with Gasteiger partial charge in [0.1, 0.15) is 0 Å². The first kappa shape index (κ1) is 50.4. The Balaban J connectivity index is 0.708. The third-order valence-electron chi connectivity index (χ3n) is 19.8. The molecule has 0 atom stereocenters. The lowest BCUT2D eigenvalue weighted by atomic mass is 9.81. The normalized spacial score (nSPS) is 13.1. The van der Waals surface area contributed by atoms with E-state index in [0.29, 0.717) is 0 Å². The molecular formula is C84H58N4S. The van der Waals surface area contributed by atoms with Crippen LogP contribution in [0, 0.1) is 6.92 Å². The van der Waals surface area contributed by atoms with Crippen LogP contribution in [0.4, 0.5) is 0 Å². The highest BCUT2D eigenvalue weighted by Crippen LogP contribution is 2.52. The summed E-state index contributed by atoms with van der Waals surface area (Å²) in [4.78, 5) is 0. The second-order valence-corrected chi connectivity index (χ2v) is 26.5. The Morgan fingerprint density at radius 2 is 0.674 bits per heavy atom. The molecule has 5 heterocycles. The Kier molecular flexibility index (Phi) is 10.7. The van der Waals surface area contributed by atoms with Gasteiger partial charge in [-0.1, -0.05) is 159 Å². The van der Waals surface area contributed by atoms with Crippen molar-refractivity contribution < 1.29 is 0 Å². The van der Waals surface area contributed by atoms with Gasteiger partial charge in [0.2, 0.25) is 0 Å². The minimum atomic E-state index is -0.217. The van der Waals surface area contributed by atoms with E-state index in [1.165, 1.54) is 175 Å². The number of rotatable bonds is 8. The highest BCUT2D eigenvalue weighted by molar-refractivity contribution is 7.25. The van der Waals surface area contributed by atoms with Gasteiger partial charge >= 0.3 is 0 Å². The van der Waals surface area contributed by atoms with E-state index < -0.39 is 0 Å². The molecule has 18 aromatic rings. The first-order chi connectivity index (χ1) is 43.8. The smallest absolute Gasteiger partial charge is 0.0548 e. The number of aromatic nitrogens is 4. The van der Waals surface area contributed by atoms with Gasteiger partial charge in [0.15, 0.2) is 0 Å². The highest BCUT2D eigenvalue weighted by Gasteiger charge is 2.37. The number of para-hydroxylation sites is 4. The molecule has 19 rings (SSSR count). The van der Waals surface area contributed by atoms with Gasteiger partial charge in [-0.3, -0.25) is 0 Å². The molecule has 0 bridgehead atoms. The van der Waals surface area contributed by atoms with Crippen molar-refractivity contribution in [3.8, 4) is 33.9 Å². The van der Waals surface area contributed by atoms with Gasteiger partial charge in [-0.25, -0.2) is 0 Å². The van der Waals surface area contributed by atoms with Crippen molar-refractivity contribution in [2.75, 3.05) is 0 Å². The van der Waals surface area contributed by atoms with Gasteiger partial charge in [-0.15, -0.1) is 11.3 Å². The minimum absolute atomic E-state index is 0.217. The number of hydrogen-bond donors (Lipinski definition) is 0. The van der Waals surface area contributed by atoms with Crippen LogP contribution in [0.5, 0.6) is 0 Å². The molecule has 89 heavy (non-hydrogen) atoms. The van der Waals surface area contributed by atoms with E-state index in [4.69, 9.17) is 0 Å². The second kappa shape index (κ2) is 18.9. The fourth-order valence-electron chi connectivity index (χ4n) is 15.6. The van der Waals surface area contributed by atoms with Gasteiger partial charge in [0.05, 0.1) is 44.1 Å². The summed E-state index contributed by atoms with van der Waals surface area (Å²) in [6, 6.07) is 103. The van der Waals surface area contributed by atoms with Crippen LogP contribution < -0.4 is 0 Å². The summed E-state index contributed by atoms with van der Waals surface area (Å²) in [5.41, 5.74) is 26.2. The maximum absolute atomic E-state index is 2.54. The van der Waals surface area contributed by atoms with Crippen LogP contribution in [0.3, 0.4) is 0 Å². The number of thiophene rings is 1. The third kappa shape index (κ3) is 7.52. The number of aryl methyl sites for hydroxylation is 1. The van der Waals surface area contributed by atoms with Gasteiger partial charge < -0.3 is 18.3 Å². The van der Waals surface area contributed by atoms with Gasteiger partial charge in [0, 0.05) is 91.4 Å². The van der Waals surface area contributed by atoms with Gasteiger partial charge in [-0.05, 0) is 198 Å². The Morgan fingerprint density at radius 1 is 0.270 bits per heavy atom. The molecule has 0 N–H and O–H groups in total. The second-order valence-electron chi connectivity index (χ2n) is 25.4. The molecule has 0 unspecified atom stereocenters.